The van der Waals surface area contributed by atoms with Crippen LogP contribution in [0.3, 0.4) is 0 Å². The zero-order chi connectivity index (χ0) is 14.0. The first-order chi connectivity index (χ1) is 8.99. The third-order valence-corrected chi connectivity index (χ3v) is 3.43. The van der Waals surface area contributed by atoms with Gasteiger partial charge in [0, 0.05) is 6.04 Å². The van der Waals surface area contributed by atoms with Crippen LogP contribution in [0, 0.1) is 25.5 Å². The van der Waals surface area contributed by atoms with Crippen molar-refractivity contribution in [2.24, 2.45) is 5.73 Å². The van der Waals surface area contributed by atoms with E-state index in [0.29, 0.717) is 5.56 Å². The monoisotopic (exact) mass is 261 g/mol. The first-order valence-electron chi connectivity index (χ1n) is 6.24. The molecule has 2 N–H and O–H groups in total. The van der Waals surface area contributed by atoms with E-state index < -0.39 is 11.6 Å². The quantitative estimate of drug-likeness (QED) is 0.893. The first-order valence-corrected chi connectivity index (χ1v) is 6.24. The van der Waals surface area contributed by atoms with E-state index in [1.54, 1.807) is 6.07 Å². The van der Waals surface area contributed by atoms with Crippen molar-refractivity contribution >= 4 is 0 Å². The highest BCUT2D eigenvalue weighted by Crippen LogP contribution is 2.21. The van der Waals surface area contributed by atoms with Crippen LogP contribution in [0.15, 0.2) is 36.4 Å². The van der Waals surface area contributed by atoms with E-state index in [0.717, 1.165) is 17.2 Å². The minimum Gasteiger partial charge on any atom is -0.324 e. The van der Waals surface area contributed by atoms with Crippen molar-refractivity contribution in [2.45, 2.75) is 26.3 Å². The van der Waals surface area contributed by atoms with Gasteiger partial charge in [-0.1, -0.05) is 30.3 Å². The molecular formula is C16H17F2N. The third-order valence-electron chi connectivity index (χ3n) is 3.43. The predicted octanol–water partition coefficient (Wildman–Crippen LogP) is 3.82. The van der Waals surface area contributed by atoms with Gasteiger partial charge in [0.15, 0.2) is 11.6 Å². The maximum atomic E-state index is 13.6. The van der Waals surface area contributed by atoms with E-state index in [2.05, 4.69) is 0 Å². The predicted molar refractivity (Wildman–Crippen MR) is 72.9 cm³/mol. The summed E-state index contributed by atoms with van der Waals surface area (Å²) >= 11 is 0. The van der Waals surface area contributed by atoms with Crippen molar-refractivity contribution in [1.29, 1.82) is 0 Å². The molecule has 0 saturated carbocycles. The molecule has 0 amide bonds. The lowest BCUT2D eigenvalue weighted by molar-refractivity contribution is 0.494. The van der Waals surface area contributed by atoms with E-state index >= 15 is 0 Å². The maximum Gasteiger partial charge on any atom is 0.162 e. The van der Waals surface area contributed by atoms with Crippen LogP contribution in [0.2, 0.25) is 0 Å². The minimum atomic E-state index is -0.829. The lowest BCUT2D eigenvalue weighted by Crippen LogP contribution is -2.14. The Bertz CT molecular complexity index is 593. The Kier molecular flexibility index (Phi) is 3.96. The molecular weight excluding hydrogens is 244 g/mol. The molecule has 0 aromatic heterocycles. The fourth-order valence-corrected chi connectivity index (χ4v) is 2.06. The van der Waals surface area contributed by atoms with Crippen LogP contribution in [0.5, 0.6) is 0 Å². The number of benzene rings is 2. The highest BCUT2D eigenvalue weighted by atomic mass is 19.2. The highest BCUT2D eigenvalue weighted by molar-refractivity contribution is 5.32. The summed E-state index contributed by atoms with van der Waals surface area (Å²) < 4.78 is 26.7. The number of rotatable bonds is 3. The molecule has 0 heterocycles. The average molecular weight is 261 g/mol. The van der Waals surface area contributed by atoms with Gasteiger partial charge in [-0.15, -0.1) is 0 Å². The number of nitrogens with two attached hydrogens (primary N) is 1. The standard InChI is InChI=1S/C16H17F2N/c1-10-6-7-12(8-11(10)2)15(19)9-13-4-3-5-14(17)16(13)18/h3-8,15H,9,19H2,1-2H3. The smallest absolute Gasteiger partial charge is 0.162 e. The minimum absolute atomic E-state index is 0.284. The fraction of sp³-hybridized carbons (Fsp3) is 0.250. The van der Waals surface area contributed by atoms with Crippen molar-refractivity contribution in [3.8, 4) is 0 Å². The van der Waals surface area contributed by atoms with Crippen LogP contribution in [0.1, 0.15) is 28.3 Å². The Morgan fingerprint density at radius 3 is 2.47 bits per heavy atom. The van der Waals surface area contributed by atoms with Crippen LogP contribution in [0.4, 0.5) is 8.78 Å². The Morgan fingerprint density at radius 2 is 1.79 bits per heavy atom. The number of halogens is 2. The van der Waals surface area contributed by atoms with E-state index in [4.69, 9.17) is 5.73 Å². The van der Waals surface area contributed by atoms with Gasteiger partial charge in [0.25, 0.3) is 0 Å². The lowest BCUT2D eigenvalue weighted by Gasteiger charge is -2.14. The van der Waals surface area contributed by atoms with Gasteiger partial charge in [0.1, 0.15) is 0 Å². The summed E-state index contributed by atoms with van der Waals surface area (Å²) in [6.45, 7) is 4.03. The number of aryl methyl sites for hydroxylation is 2. The molecule has 0 fully saturated rings. The molecule has 2 aromatic carbocycles. The van der Waals surface area contributed by atoms with Crippen molar-refractivity contribution in [2.75, 3.05) is 0 Å². The summed E-state index contributed by atoms with van der Waals surface area (Å²) in [6.07, 6.45) is 0.284. The summed E-state index contributed by atoms with van der Waals surface area (Å²) in [6, 6.07) is 9.77. The van der Waals surface area contributed by atoms with Gasteiger partial charge >= 0.3 is 0 Å². The van der Waals surface area contributed by atoms with Gasteiger partial charge in [-0.3, -0.25) is 0 Å². The van der Waals surface area contributed by atoms with Crippen molar-refractivity contribution < 1.29 is 8.78 Å². The molecule has 3 heteroatoms. The molecule has 2 aromatic rings. The Hall–Kier alpha value is -1.74. The zero-order valence-electron chi connectivity index (χ0n) is 11.1. The normalized spacial score (nSPS) is 12.5. The summed E-state index contributed by atoms with van der Waals surface area (Å²) in [5.74, 6) is -1.63. The second kappa shape index (κ2) is 5.49. The van der Waals surface area contributed by atoms with E-state index in [-0.39, 0.29) is 12.5 Å². The van der Waals surface area contributed by atoms with Crippen LogP contribution in [-0.4, -0.2) is 0 Å². The largest absolute Gasteiger partial charge is 0.324 e. The molecule has 19 heavy (non-hydrogen) atoms. The van der Waals surface area contributed by atoms with Gasteiger partial charge in [-0.25, -0.2) is 8.78 Å². The Morgan fingerprint density at radius 1 is 1.05 bits per heavy atom. The Labute approximate surface area is 112 Å². The zero-order valence-corrected chi connectivity index (χ0v) is 11.1. The van der Waals surface area contributed by atoms with Crippen LogP contribution < -0.4 is 5.73 Å². The van der Waals surface area contributed by atoms with Gasteiger partial charge in [-0.2, -0.15) is 0 Å². The van der Waals surface area contributed by atoms with Gasteiger partial charge in [-0.05, 0) is 48.6 Å². The second-order valence-electron chi connectivity index (χ2n) is 4.87. The molecule has 0 aliphatic carbocycles. The Balaban J connectivity index is 2.23. The summed E-state index contributed by atoms with van der Waals surface area (Å²) in [7, 11) is 0. The molecule has 0 bridgehead atoms. The van der Waals surface area contributed by atoms with Crippen LogP contribution in [-0.2, 0) is 6.42 Å². The molecule has 1 unspecified atom stereocenters. The summed E-state index contributed by atoms with van der Waals surface area (Å²) in [5.41, 5.74) is 9.66. The molecule has 2 rings (SSSR count). The first kappa shape index (κ1) is 13.7. The molecule has 0 radical (unpaired) electrons. The van der Waals surface area contributed by atoms with Gasteiger partial charge in [0.05, 0.1) is 0 Å². The summed E-state index contributed by atoms with van der Waals surface area (Å²) in [4.78, 5) is 0. The molecule has 0 aliphatic rings. The molecule has 0 aliphatic heterocycles. The number of hydrogen-bond donors (Lipinski definition) is 1. The molecule has 0 saturated heterocycles. The molecule has 100 valence electrons. The summed E-state index contributed by atoms with van der Waals surface area (Å²) in [5, 5.41) is 0. The van der Waals surface area contributed by atoms with Crippen molar-refractivity contribution in [3.05, 3.63) is 70.3 Å². The highest BCUT2D eigenvalue weighted by Gasteiger charge is 2.13. The maximum absolute atomic E-state index is 13.6. The molecule has 1 nitrogen and oxygen atoms in total. The van der Waals surface area contributed by atoms with Crippen molar-refractivity contribution in [3.63, 3.8) is 0 Å². The topological polar surface area (TPSA) is 26.0 Å². The van der Waals surface area contributed by atoms with E-state index in [9.17, 15) is 8.78 Å². The fourth-order valence-electron chi connectivity index (χ4n) is 2.06. The van der Waals surface area contributed by atoms with E-state index in [1.807, 2.05) is 32.0 Å². The van der Waals surface area contributed by atoms with Gasteiger partial charge in [0.2, 0.25) is 0 Å². The molecule has 0 spiro atoms. The second-order valence-corrected chi connectivity index (χ2v) is 4.87. The van der Waals surface area contributed by atoms with Gasteiger partial charge < -0.3 is 5.73 Å². The third kappa shape index (κ3) is 2.99. The molecule has 1 atom stereocenters. The average Bonchev–Trinajstić information content (AvgIpc) is 2.38. The SMILES string of the molecule is Cc1ccc(C(N)Cc2cccc(F)c2F)cc1C. The number of hydrogen-bond acceptors (Lipinski definition) is 1. The lowest BCUT2D eigenvalue weighted by atomic mass is 9.96. The van der Waals surface area contributed by atoms with Crippen molar-refractivity contribution in [1.82, 2.24) is 0 Å². The van der Waals surface area contributed by atoms with Crippen LogP contribution in [0.25, 0.3) is 0 Å². The van der Waals surface area contributed by atoms with Crippen LogP contribution >= 0.6 is 0 Å². The van der Waals surface area contributed by atoms with E-state index in [1.165, 1.54) is 11.6 Å².